The maximum atomic E-state index is 15.2. The number of hydrogen-bond acceptors (Lipinski definition) is 5. The lowest BCUT2D eigenvalue weighted by atomic mass is 9.94. The summed E-state index contributed by atoms with van der Waals surface area (Å²) < 4.78 is 50.1. The molecule has 8 nitrogen and oxygen atoms in total. The first-order valence-electron chi connectivity index (χ1n) is 16.3. The van der Waals surface area contributed by atoms with E-state index in [-0.39, 0.29) is 41.1 Å². The minimum absolute atomic E-state index is 0.000232. The minimum atomic E-state index is -4.28. The Morgan fingerprint density at radius 2 is 1.58 bits per heavy atom. The van der Waals surface area contributed by atoms with Gasteiger partial charge in [0.25, 0.3) is 10.0 Å². The molecule has 0 heterocycles. The van der Waals surface area contributed by atoms with Crippen molar-refractivity contribution in [3.05, 3.63) is 126 Å². The largest absolute Gasteiger partial charge is 0.497 e. The number of ether oxygens (including phenoxy) is 1. The average Bonchev–Trinajstić information content (AvgIpc) is 3.10. The van der Waals surface area contributed by atoms with Gasteiger partial charge < -0.3 is 15.0 Å². The van der Waals surface area contributed by atoms with Gasteiger partial charge in [-0.1, -0.05) is 91.6 Å². The fraction of sp³-hybridized carbons (Fsp3) is 0.316. The van der Waals surface area contributed by atoms with Crippen LogP contribution >= 0.6 is 0 Å². The summed E-state index contributed by atoms with van der Waals surface area (Å²) in [5.41, 5.74) is 2.11. The van der Waals surface area contributed by atoms with E-state index in [0.717, 1.165) is 47.5 Å². The second kappa shape index (κ2) is 15.9. The van der Waals surface area contributed by atoms with E-state index in [0.29, 0.717) is 5.75 Å². The standard InChI is InChI=1S/C38H42FN3O5S/c1-28-20-22-34(23-21-28)48(45,46)42(32-17-11-18-33(25-32)47-2)27-37(43)41(26-30-14-9-10-19-35(30)39)36(24-29-12-5-3-6-13-29)38(44)40-31-15-7-4-8-16-31/h3,5-6,9-14,17-23,25,31,36H,4,7-8,15-16,24,26-27H2,1-2H3,(H,40,44)/t36-/m0/s1. The van der Waals surface area contributed by atoms with Crippen molar-refractivity contribution in [1.29, 1.82) is 0 Å². The number of benzene rings is 4. The van der Waals surface area contributed by atoms with E-state index in [4.69, 9.17) is 4.74 Å². The van der Waals surface area contributed by atoms with Crippen LogP contribution in [0.3, 0.4) is 0 Å². The van der Waals surface area contributed by atoms with Crippen molar-refractivity contribution < 1.29 is 27.1 Å². The lowest BCUT2D eigenvalue weighted by molar-refractivity contribution is -0.140. The molecule has 5 rings (SSSR count). The van der Waals surface area contributed by atoms with Gasteiger partial charge in [0.1, 0.15) is 24.2 Å². The Balaban J connectivity index is 1.58. The predicted molar refractivity (Wildman–Crippen MR) is 185 cm³/mol. The maximum Gasteiger partial charge on any atom is 0.264 e. The van der Waals surface area contributed by atoms with Gasteiger partial charge in [0.2, 0.25) is 11.8 Å². The second-order valence-corrected chi connectivity index (χ2v) is 14.1. The van der Waals surface area contributed by atoms with Crippen LogP contribution in [0.15, 0.2) is 108 Å². The highest BCUT2D eigenvalue weighted by Gasteiger charge is 2.36. The van der Waals surface area contributed by atoms with Crippen LogP contribution in [0.25, 0.3) is 0 Å². The molecule has 1 saturated carbocycles. The molecule has 1 N–H and O–H groups in total. The molecule has 0 aromatic heterocycles. The van der Waals surface area contributed by atoms with Crippen molar-refractivity contribution in [1.82, 2.24) is 10.2 Å². The summed E-state index contributed by atoms with van der Waals surface area (Å²) in [5, 5.41) is 3.16. The molecule has 1 aliphatic carbocycles. The SMILES string of the molecule is COc1cccc(N(CC(=O)N(Cc2ccccc2F)[C@@H](Cc2ccccc2)C(=O)NC2CCCCC2)S(=O)(=O)c2ccc(C)cc2)c1. The molecule has 0 saturated heterocycles. The van der Waals surface area contributed by atoms with Crippen molar-refractivity contribution in [2.24, 2.45) is 0 Å². The van der Waals surface area contributed by atoms with E-state index in [1.165, 1.54) is 36.3 Å². The second-order valence-electron chi connectivity index (χ2n) is 12.2. The molecule has 4 aromatic carbocycles. The number of nitrogens with zero attached hydrogens (tertiary/aromatic N) is 2. The van der Waals surface area contributed by atoms with E-state index >= 15 is 4.39 Å². The Morgan fingerprint density at radius 3 is 2.27 bits per heavy atom. The highest BCUT2D eigenvalue weighted by atomic mass is 32.2. The van der Waals surface area contributed by atoms with E-state index in [2.05, 4.69) is 5.32 Å². The molecule has 0 spiro atoms. The predicted octanol–water partition coefficient (Wildman–Crippen LogP) is 6.43. The summed E-state index contributed by atoms with van der Waals surface area (Å²) in [4.78, 5) is 30.1. The molecule has 48 heavy (non-hydrogen) atoms. The van der Waals surface area contributed by atoms with Crippen LogP contribution in [0.4, 0.5) is 10.1 Å². The molecule has 1 fully saturated rings. The van der Waals surface area contributed by atoms with Gasteiger partial charge in [-0.05, 0) is 55.7 Å². The van der Waals surface area contributed by atoms with Crippen LogP contribution in [0, 0.1) is 12.7 Å². The number of amides is 2. The first-order chi connectivity index (χ1) is 23.2. The monoisotopic (exact) mass is 671 g/mol. The lowest BCUT2D eigenvalue weighted by Gasteiger charge is -2.35. The Labute approximate surface area is 282 Å². The first kappa shape index (κ1) is 34.6. The number of rotatable bonds is 13. The first-order valence-corrected chi connectivity index (χ1v) is 17.7. The zero-order chi connectivity index (χ0) is 34.1. The van der Waals surface area contributed by atoms with Crippen molar-refractivity contribution in [2.75, 3.05) is 18.0 Å². The Hall–Kier alpha value is -4.70. The molecule has 0 unspecified atom stereocenters. The molecule has 1 aliphatic rings. The fourth-order valence-electron chi connectivity index (χ4n) is 6.04. The van der Waals surface area contributed by atoms with Crippen LogP contribution in [0.2, 0.25) is 0 Å². The third-order valence-corrected chi connectivity index (χ3v) is 10.5. The number of sulfonamides is 1. The molecule has 0 bridgehead atoms. The van der Waals surface area contributed by atoms with Gasteiger partial charge >= 0.3 is 0 Å². The van der Waals surface area contributed by atoms with Crippen molar-refractivity contribution in [3.63, 3.8) is 0 Å². The van der Waals surface area contributed by atoms with Crippen LogP contribution < -0.4 is 14.4 Å². The summed E-state index contributed by atoms with van der Waals surface area (Å²) >= 11 is 0. The topological polar surface area (TPSA) is 96.0 Å². The number of carbonyl (C=O) groups excluding carboxylic acids is 2. The number of methoxy groups -OCH3 is 1. The summed E-state index contributed by atoms with van der Waals surface area (Å²) in [6, 6.07) is 27.1. The smallest absolute Gasteiger partial charge is 0.264 e. The molecule has 10 heteroatoms. The normalized spacial score (nSPS) is 14.1. The Bertz CT molecular complexity index is 1790. The van der Waals surface area contributed by atoms with Gasteiger partial charge in [-0.2, -0.15) is 0 Å². The highest BCUT2D eigenvalue weighted by molar-refractivity contribution is 7.92. The van der Waals surface area contributed by atoms with Gasteiger partial charge in [-0.25, -0.2) is 12.8 Å². The number of anilines is 1. The van der Waals surface area contributed by atoms with Gasteiger partial charge in [-0.15, -0.1) is 0 Å². The minimum Gasteiger partial charge on any atom is -0.497 e. The van der Waals surface area contributed by atoms with Gasteiger partial charge in [-0.3, -0.25) is 13.9 Å². The molecular weight excluding hydrogens is 629 g/mol. The van der Waals surface area contributed by atoms with E-state index in [1.807, 2.05) is 37.3 Å². The third-order valence-electron chi connectivity index (χ3n) is 8.75. The van der Waals surface area contributed by atoms with E-state index < -0.39 is 34.3 Å². The van der Waals surface area contributed by atoms with Crippen LogP contribution in [-0.2, 0) is 32.6 Å². The number of hydrogen-bond donors (Lipinski definition) is 1. The third kappa shape index (κ3) is 8.60. The Morgan fingerprint density at radius 1 is 0.896 bits per heavy atom. The molecule has 0 radical (unpaired) electrons. The summed E-state index contributed by atoms with van der Waals surface area (Å²) in [7, 11) is -2.81. The lowest BCUT2D eigenvalue weighted by Crippen LogP contribution is -2.55. The van der Waals surface area contributed by atoms with E-state index in [9.17, 15) is 18.0 Å². The van der Waals surface area contributed by atoms with Gasteiger partial charge in [0.15, 0.2) is 0 Å². The molecule has 4 aromatic rings. The number of carbonyl (C=O) groups is 2. The molecule has 252 valence electrons. The van der Waals surface area contributed by atoms with Crippen molar-refractivity contribution in [3.8, 4) is 5.75 Å². The van der Waals surface area contributed by atoms with Crippen LogP contribution in [-0.4, -0.2) is 50.9 Å². The molecule has 1 atom stereocenters. The molecular formula is C38H42FN3O5S. The highest BCUT2D eigenvalue weighted by Crippen LogP contribution is 2.28. The fourth-order valence-corrected chi connectivity index (χ4v) is 7.45. The molecule has 0 aliphatic heterocycles. The van der Waals surface area contributed by atoms with Crippen LogP contribution in [0.1, 0.15) is 48.8 Å². The maximum absolute atomic E-state index is 15.2. The van der Waals surface area contributed by atoms with Crippen LogP contribution in [0.5, 0.6) is 5.75 Å². The van der Waals surface area contributed by atoms with Crippen molar-refractivity contribution >= 4 is 27.5 Å². The molecule has 2 amide bonds. The summed E-state index contributed by atoms with van der Waals surface area (Å²) in [6.07, 6.45) is 4.93. The van der Waals surface area contributed by atoms with Gasteiger partial charge in [0.05, 0.1) is 17.7 Å². The van der Waals surface area contributed by atoms with Crippen molar-refractivity contribution in [2.45, 2.75) is 69.0 Å². The number of aryl methyl sites for hydroxylation is 1. The van der Waals surface area contributed by atoms with Gasteiger partial charge in [0, 0.05) is 30.6 Å². The average molecular weight is 672 g/mol. The zero-order valence-electron chi connectivity index (χ0n) is 27.3. The zero-order valence-corrected chi connectivity index (χ0v) is 28.2. The number of nitrogens with one attached hydrogen (secondary N) is 1. The Kier molecular flexibility index (Phi) is 11.5. The quantitative estimate of drug-likeness (QED) is 0.177. The number of halogens is 1. The summed E-state index contributed by atoms with van der Waals surface area (Å²) in [6.45, 7) is 0.975. The summed E-state index contributed by atoms with van der Waals surface area (Å²) in [5.74, 6) is -1.14. The van der Waals surface area contributed by atoms with E-state index in [1.54, 1.807) is 48.5 Å².